The van der Waals surface area contributed by atoms with Crippen LogP contribution in [0, 0.1) is 0 Å². The zero-order valence-corrected chi connectivity index (χ0v) is 30.7. The summed E-state index contributed by atoms with van der Waals surface area (Å²) in [6.07, 6.45) is 0. The first kappa shape index (κ1) is 31.2. The van der Waals surface area contributed by atoms with Crippen LogP contribution >= 0.6 is 11.3 Å². The molecule has 0 radical (unpaired) electrons. The van der Waals surface area contributed by atoms with Gasteiger partial charge in [-0.05, 0) is 74.8 Å². The molecule has 260 valence electrons. The minimum absolute atomic E-state index is 0.596. The van der Waals surface area contributed by atoms with Gasteiger partial charge in [0.15, 0.2) is 17.5 Å². The minimum Gasteiger partial charge on any atom is -0.455 e. The van der Waals surface area contributed by atoms with Crippen molar-refractivity contribution in [2.24, 2.45) is 0 Å². The van der Waals surface area contributed by atoms with Crippen LogP contribution in [0.5, 0.6) is 0 Å². The Hall–Kier alpha value is -7.21. The molecule has 0 unspecified atom stereocenters. The van der Waals surface area contributed by atoms with Gasteiger partial charge in [0.05, 0.1) is 0 Å². The van der Waals surface area contributed by atoms with Gasteiger partial charge in [-0.15, -0.1) is 11.3 Å². The van der Waals surface area contributed by atoms with Crippen molar-refractivity contribution in [1.29, 1.82) is 0 Å². The molecule has 0 saturated heterocycles. The zero-order valence-electron chi connectivity index (χ0n) is 29.9. The Bertz CT molecular complexity index is 3460. The van der Waals surface area contributed by atoms with E-state index in [1.165, 1.54) is 30.9 Å². The van der Waals surface area contributed by atoms with Crippen LogP contribution in [0.4, 0.5) is 0 Å². The van der Waals surface area contributed by atoms with Crippen LogP contribution in [-0.2, 0) is 0 Å². The summed E-state index contributed by atoms with van der Waals surface area (Å²) < 4.78 is 9.50. The van der Waals surface area contributed by atoms with Gasteiger partial charge in [-0.3, -0.25) is 0 Å². The fourth-order valence-electron chi connectivity index (χ4n) is 8.33. The molecule has 0 spiro atoms. The molecular formula is C51H29N3OS. The van der Waals surface area contributed by atoms with E-state index in [1.807, 2.05) is 11.3 Å². The highest BCUT2D eigenvalue weighted by Crippen LogP contribution is 2.46. The second kappa shape index (κ2) is 12.2. The molecule has 0 atom stereocenters. The maximum absolute atomic E-state index is 6.99. The van der Waals surface area contributed by atoms with Crippen molar-refractivity contribution in [3.05, 3.63) is 176 Å². The summed E-state index contributed by atoms with van der Waals surface area (Å²) in [7, 11) is 0. The van der Waals surface area contributed by atoms with Gasteiger partial charge >= 0.3 is 0 Å². The zero-order chi connectivity index (χ0) is 36.7. The third-order valence-corrected chi connectivity index (χ3v) is 12.3. The second-order valence-corrected chi connectivity index (χ2v) is 15.4. The largest absolute Gasteiger partial charge is 0.455 e. The SMILES string of the molecule is c1ccc2cc(-c3nc(-c4ccc5ccccc5c4)nc(-c4ccc(-c5cccc6c5sc5ccccc56)c5oc6cc7ccccc7cc6c45)n3)ccc2c1. The molecule has 3 aromatic heterocycles. The maximum Gasteiger partial charge on any atom is 0.164 e. The number of fused-ring (bicyclic) bond motifs is 9. The number of rotatable bonds is 4. The van der Waals surface area contributed by atoms with E-state index in [1.54, 1.807) is 0 Å². The normalized spacial score (nSPS) is 11.9. The van der Waals surface area contributed by atoms with Crippen molar-refractivity contribution in [1.82, 2.24) is 15.0 Å². The van der Waals surface area contributed by atoms with E-state index >= 15 is 0 Å². The van der Waals surface area contributed by atoms with Gasteiger partial charge < -0.3 is 4.42 Å². The standard InChI is InChI=1S/C51H29N3OS/c1-3-12-32-26-36(22-20-30(32)10-1)49-52-50(37-23-21-31-11-2-4-13-33(31)27-37)54-51(53-49)42-25-24-39(41-18-9-17-40-38-16-7-8-19-45(38)56-48(40)41)47-46(42)43-28-34-14-5-6-15-35(34)29-44(43)55-47/h1-29H. The fourth-order valence-corrected chi connectivity index (χ4v) is 9.56. The van der Waals surface area contributed by atoms with Crippen molar-refractivity contribution >= 4 is 85.8 Å². The molecule has 0 bridgehead atoms. The van der Waals surface area contributed by atoms with E-state index in [-0.39, 0.29) is 0 Å². The Morgan fingerprint density at radius 3 is 1.62 bits per heavy atom. The molecule has 0 N–H and O–H groups in total. The number of furan rings is 1. The molecule has 0 aliphatic carbocycles. The van der Waals surface area contributed by atoms with Gasteiger partial charge in [-0.1, -0.05) is 133 Å². The molecule has 0 fully saturated rings. The molecule has 12 rings (SSSR count). The molecule has 56 heavy (non-hydrogen) atoms. The van der Waals surface area contributed by atoms with Gasteiger partial charge in [-0.25, -0.2) is 15.0 Å². The fraction of sp³-hybridized carbons (Fsp3) is 0. The first-order valence-electron chi connectivity index (χ1n) is 18.8. The summed E-state index contributed by atoms with van der Waals surface area (Å²) in [6.45, 7) is 0. The number of hydrogen-bond donors (Lipinski definition) is 0. The molecule has 4 nitrogen and oxygen atoms in total. The monoisotopic (exact) mass is 731 g/mol. The highest BCUT2D eigenvalue weighted by Gasteiger charge is 2.23. The molecule has 0 aliphatic heterocycles. The van der Waals surface area contributed by atoms with Crippen molar-refractivity contribution < 1.29 is 4.42 Å². The van der Waals surface area contributed by atoms with E-state index in [0.717, 1.165) is 71.3 Å². The Labute approximate surface area is 325 Å². The van der Waals surface area contributed by atoms with E-state index in [2.05, 4.69) is 176 Å². The Kier molecular flexibility index (Phi) is 6.76. The second-order valence-electron chi connectivity index (χ2n) is 14.4. The third-order valence-electron chi connectivity index (χ3n) is 11.1. The number of thiophene rings is 1. The van der Waals surface area contributed by atoms with E-state index in [4.69, 9.17) is 19.4 Å². The lowest BCUT2D eigenvalue weighted by atomic mass is 9.96. The quantitative estimate of drug-likeness (QED) is 0.181. The van der Waals surface area contributed by atoms with Crippen molar-refractivity contribution in [2.75, 3.05) is 0 Å². The minimum atomic E-state index is 0.596. The lowest BCUT2D eigenvalue weighted by molar-refractivity contribution is 0.670. The van der Waals surface area contributed by atoms with Crippen LogP contribution in [0.15, 0.2) is 180 Å². The van der Waals surface area contributed by atoms with E-state index in [0.29, 0.717) is 17.5 Å². The predicted molar refractivity (Wildman–Crippen MR) is 234 cm³/mol. The number of benzene rings is 9. The van der Waals surface area contributed by atoms with Gasteiger partial charge in [0.25, 0.3) is 0 Å². The smallest absolute Gasteiger partial charge is 0.164 e. The number of hydrogen-bond acceptors (Lipinski definition) is 5. The summed E-state index contributed by atoms with van der Waals surface area (Å²) >= 11 is 1.83. The van der Waals surface area contributed by atoms with Crippen LogP contribution in [0.3, 0.4) is 0 Å². The van der Waals surface area contributed by atoms with Crippen LogP contribution < -0.4 is 0 Å². The lowest BCUT2D eigenvalue weighted by Gasteiger charge is -2.12. The average molecular weight is 732 g/mol. The molecule has 0 aliphatic rings. The molecule has 9 aromatic carbocycles. The predicted octanol–water partition coefficient (Wildman–Crippen LogP) is 14.3. The Morgan fingerprint density at radius 1 is 0.375 bits per heavy atom. The summed E-state index contributed by atoms with van der Waals surface area (Å²) in [6, 6.07) is 62.1. The number of aromatic nitrogens is 3. The van der Waals surface area contributed by atoms with E-state index in [9.17, 15) is 0 Å². The van der Waals surface area contributed by atoms with Gasteiger partial charge in [0.1, 0.15) is 11.2 Å². The van der Waals surface area contributed by atoms with Gasteiger partial charge in [0, 0.05) is 58.8 Å². The highest BCUT2D eigenvalue weighted by molar-refractivity contribution is 7.26. The Morgan fingerprint density at radius 2 is 0.929 bits per heavy atom. The summed E-state index contributed by atoms with van der Waals surface area (Å²) in [5, 5.41) is 11.4. The number of nitrogens with zero attached hydrogens (tertiary/aromatic N) is 3. The van der Waals surface area contributed by atoms with Crippen molar-refractivity contribution in [3.8, 4) is 45.3 Å². The molecular weight excluding hydrogens is 703 g/mol. The first-order valence-corrected chi connectivity index (χ1v) is 19.6. The van der Waals surface area contributed by atoms with Crippen molar-refractivity contribution in [3.63, 3.8) is 0 Å². The van der Waals surface area contributed by atoms with Crippen LogP contribution in [0.2, 0.25) is 0 Å². The summed E-state index contributed by atoms with van der Waals surface area (Å²) in [4.78, 5) is 15.7. The van der Waals surface area contributed by atoms with E-state index < -0.39 is 0 Å². The van der Waals surface area contributed by atoms with Crippen LogP contribution in [0.1, 0.15) is 0 Å². The third kappa shape index (κ3) is 4.88. The van der Waals surface area contributed by atoms with Gasteiger partial charge in [0.2, 0.25) is 0 Å². The van der Waals surface area contributed by atoms with Gasteiger partial charge in [-0.2, -0.15) is 0 Å². The summed E-state index contributed by atoms with van der Waals surface area (Å²) in [5.41, 5.74) is 6.59. The van der Waals surface area contributed by atoms with Crippen LogP contribution in [0.25, 0.3) is 120 Å². The average Bonchev–Trinajstić information content (AvgIpc) is 3.83. The molecule has 0 amide bonds. The maximum atomic E-state index is 6.99. The van der Waals surface area contributed by atoms with Crippen molar-refractivity contribution in [2.45, 2.75) is 0 Å². The highest BCUT2D eigenvalue weighted by atomic mass is 32.1. The van der Waals surface area contributed by atoms with Crippen LogP contribution in [-0.4, -0.2) is 15.0 Å². The lowest BCUT2D eigenvalue weighted by Crippen LogP contribution is -2.00. The summed E-state index contributed by atoms with van der Waals surface area (Å²) in [5.74, 6) is 1.84. The molecule has 0 saturated carbocycles. The molecule has 5 heteroatoms. The molecule has 3 heterocycles. The Balaban J connectivity index is 1.16. The topological polar surface area (TPSA) is 51.8 Å². The molecule has 12 aromatic rings. The first-order chi connectivity index (χ1) is 27.7.